The number of nitrogens with zero attached hydrogens (tertiary/aromatic N) is 1. The van der Waals surface area contributed by atoms with E-state index in [1.54, 1.807) is 11.3 Å². The summed E-state index contributed by atoms with van der Waals surface area (Å²) in [5.41, 5.74) is 3.29. The van der Waals surface area contributed by atoms with Gasteiger partial charge in [-0.1, -0.05) is 54.0 Å². The molecule has 1 amide bonds. The number of aryl methyl sites for hydroxylation is 2. The molecule has 1 aromatic heterocycles. The van der Waals surface area contributed by atoms with Gasteiger partial charge < -0.3 is 10.1 Å². The number of anilines is 1. The second-order valence-electron chi connectivity index (χ2n) is 6.65. The first kappa shape index (κ1) is 21.5. The monoisotopic (exact) mass is 472 g/mol. The predicted molar refractivity (Wildman–Crippen MR) is 124 cm³/mol. The van der Waals surface area contributed by atoms with Gasteiger partial charge in [-0.3, -0.25) is 4.79 Å². The number of ether oxygens (including phenoxy) is 1. The van der Waals surface area contributed by atoms with Crippen LogP contribution in [0.3, 0.4) is 0 Å². The fourth-order valence-corrected chi connectivity index (χ4v) is 4.11. The van der Waals surface area contributed by atoms with E-state index >= 15 is 0 Å². The first-order chi connectivity index (χ1) is 14.1. The summed E-state index contributed by atoms with van der Waals surface area (Å²) < 4.78 is 6.75. The van der Waals surface area contributed by atoms with Crippen molar-refractivity contribution in [1.82, 2.24) is 4.98 Å². The van der Waals surface area contributed by atoms with Gasteiger partial charge in [0.15, 0.2) is 5.13 Å². The summed E-state index contributed by atoms with van der Waals surface area (Å²) >= 11 is 5.00. The van der Waals surface area contributed by atoms with E-state index in [-0.39, 0.29) is 5.91 Å². The molecule has 0 unspecified atom stereocenters. The molecule has 0 atom stereocenters. The molecule has 6 heteroatoms. The normalized spacial score (nSPS) is 10.7. The first-order valence-electron chi connectivity index (χ1n) is 9.86. The fraction of sp³-hybridized carbons (Fsp3) is 0.304. The largest absolute Gasteiger partial charge is 0.494 e. The average Bonchev–Trinajstić information content (AvgIpc) is 3.15. The van der Waals surface area contributed by atoms with E-state index in [4.69, 9.17) is 4.74 Å². The molecule has 152 valence electrons. The Morgan fingerprint density at radius 1 is 1.07 bits per heavy atom. The lowest BCUT2D eigenvalue weighted by molar-refractivity contribution is -0.116. The number of rotatable bonds is 9. The third-order valence-corrected chi connectivity index (χ3v) is 6.17. The molecule has 0 aliphatic rings. The number of halogens is 1. The molecule has 0 aliphatic carbocycles. The van der Waals surface area contributed by atoms with E-state index in [1.165, 1.54) is 10.4 Å². The molecule has 29 heavy (non-hydrogen) atoms. The fourth-order valence-electron chi connectivity index (χ4n) is 2.90. The van der Waals surface area contributed by atoms with Crippen molar-refractivity contribution in [2.75, 3.05) is 11.9 Å². The summed E-state index contributed by atoms with van der Waals surface area (Å²) in [4.78, 5) is 18.1. The lowest BCUT2D eigenvalue weighted by Gasteiger charge is -2.06. The first-order valence-corrected chi connectivity index (χ1v) is 11.5. The zero-order valence-electron chi connectivity index (χ0n) is 16.7. The minimum atomic E-state index is -0.0336. The maximum Gasteiger partial charge on any atom is 0.226 e. The van der Waals surface area contributed by atoms with Crippen LogP contribution in [-0.4, -0.2) is 17.5 Å². The summed E-state index contributed by atoms with van der Waals surface area (Å²) in [6.45, 7) is 4.75. The third-order valence-electron chi connectivity index (χ3n) is 4.53. The Bertz CT molecular complexity index is 937. The minimum absolute atomic E-state index is 0.0336. The lowest BCUT2D eigenvalue weighted by Crippen LogP contribution is -2.12. The molecule has 1 heterocycles. The average molecular weight is 473 g/mol. The summed E-state index contributed by atoms with van der Waals surface area (Å²) in [6, 6.07) is 16.2. The van der Waals surface area contributed by atoms with Crippen LogP contribution in [0, 0.1) is 0 Å². The highest BCUT2D eigenvalue weighted by molar-refractivity contribution is 9.10. The number of hydrogen-bond donors (Lipinski definition) is 1. The van der Waals surface area contributed by atoms with Crippen LogP contribution in [0.2, 0.25) is 0 Å². The molecule has 1 N–H and O–H groups in total. The van der Waals surface area contributed by atoms with Crippen molar-refractivity contribution in [3.63, 3.8) is 0 Å². The molecule has 3 aromatic rings. The number of carbonyl (C=O) groups excluding carboxylic acids is 1. The van der Waals surface area contributed by atoms with E-state index in [1.807, 2.05) is 36.4 Å². The lowest BCUT2D eigenvalue weighted by atomic mass is 10.1. The van der Waals surface area contributed by atoms with Crippen LogP contribution in [0.4, 0.5) is 5.13 Å². The van der Waals surface area contributed by atoms with Gasteiger partial charge in [0, 0.05) is 21.3 Å². The highest BCUT2D eigenvalue weighted by Gasteiger charge is 2.13. The molecule has 2 aromatic carbocycles. The van der Waals surface area contributed by atoms with E-state index in [0.29, 0.717) is 24.6 Å². The van der Waals surface area contributed by atoms with E-state index < -0.39 is 0 Å². The third kappa shape index (κ3) is 6.15. The number of nitrogens with one attached hydrogen (secondary N) is 1. The molecule has 4 nitrogen and oxygen atoms in total. The van der Waals surface area contributed by atoms with Crippen molar-refractivity contribution < 1.29 is 9.53 Å². The number of amides is 1. The van der Waals surface area contributed by atoms with Crippen LogP contribution in [0.5, 0.6) is 5.75 Å². The van der Waals surface area contributed by atoms with E-state index in [9.17, 15) is 4.79 Å². The summed E-state index contributed by atoms with van der Waals surface area (Å²) in [7, 11) is 0. The number of hydrogen-bond acceptors (Lipinski definition) is 4. The van der Waals surface area contributed by atoms with Gasteiger partial charge in [0.2, 0.25) is 5.91 Å². The molecule has 0 saturated heterocycles. The van der Waals surface area contributed by atoms with Crippen molar-refractivity contribution in [2.45, 2.75) is 39.5 Å². The van der Waals surface area contributed by atoms with Gasteiger partial charge in [0.25, 0.3) is 0 Å². The maximum atomic E-state index is 12.3. The van der Waals surface area contributed by atoms with Crippen molar-refractivity contribution in [1.29, 1.82) is 0 Å². The van der Waals surface area contributed by atoms with E-state index in [2.05, 4.69) is 52.2 Å². The minimum Gasteiger partial charge on any atom is -0.494 e. The molecule has 0 aliphatic heterocycles. The SMILES string of the molecule is CCc1ccc(OCCCC(=O)Nc2nc(-c3ccc(Br)cc3)c(CC)s2)cc1. The molecule has 0 radical (unpaired) electrons. The highest BCUT2D eigenvalue weighted by atomic mass is 79.9. The molecule has 0 fully saturated rings. The van der Waals surface area contributed by atoms with Crippen LogP contribution >= 0.6 is 27.3 Å². The number of aromatic nitrogens is 1. The topological polar surface area (TPSA) is 51.2 Å². The summed E-state index contributed by atoms with van der Waals surface area (Å²) in [5, 5.41) is 3.59. The van der Waals surface area contributed by atoms with Crippen molar-refractivity contribution in [2.24, 2.45) is 0 Å². The molecule has 3 rings (SSSR count). The van der Waals surface area contributed by atoms with Crippen LogP contribution in [0.25, 0.3) is 11.3 Å². The highest BCUT2D eigenvalue weighted by Crippen LogP contribution is 2.32. The molecular formula is C23H25BrN2O2S. The Hall–Kier alpha value is -2.18. The predicted octanol–water partition coefficient (Wildman–Crippen LogP) is 6.50. The van der Waals surface area contributed by atoms with Gasteiger partial charge in [0.05, 0.1) is 12.3 Å². The van der Waals surface area contributed by atoms with Crippen LogP contribution < -0.4 is 10.1 Å². The second kappa shape index (κ2) is 10.6. The van der Waals surface area contributed by atoms with Gasteiger partial charge in [-0.05, 0) is 49.1 Å². The zero-order valence-corrected chi connectivity index (χ0v) is 19.1. The van der Waals surface area contributed by atoms with Crippen molar-refractivity contribution in [3.05, 3.63) is 63.4 Å². The van der Waals surface area contributed by atoms with E-state index in [0.717, 1.165) is 34.3 Å². The molecule has 0 bridgehead atoms. The second-order valence-corrected chi connectivity index (χ2v) is 8.65. The van der Waals surface area contributed by atoms with Gasteiger partial charge in [-0.25, -0.2) is 4.98 Å². The Morgan fingerprint density at radius 2 is 1.79 bits per heavy atom. The Morgan fingerprint density at radius 3 is 2.45 bits per heavy atom. The molecule has 0 spiro atoms. The Kier molecular flexibility index (Phi) is 7.83. The number of thiazole rings is 1. The van der Waals surface area contributed by atoms with Crippen LogP contribution in [0.15, 0.2) is 53.0 Å². The standard InChI is InChI=1S/C23H25BrN2O2S/c1-3-16-7-13-19(14-8-16)28-15-5-6-21(27)25-23-26-22(20(4-2)29-23)17-9-11-18(24)12-10-17/h7-14H,3-6,15H2,1-2H3,(H,25,26,27). The maximum absolute atomic E-state index is 12.3. The summed E-state index contributed by atoms with van der Waals surface area (Å²) in [6.07, 6.45) is 2.96. The quantitative estimate of drug-likeness (QED) is 0.361. The Labute approximate surface area is 184 Å². The van der Waals surface area contributed by atoms with Gasteiger partial charge in [0.1, 0.15) is 5.75 Å². The molecule has 0 saturated carbocycles. The van der Waals surface area contributed by atoms with Gasteiger partial charge >= 0.3 is 0 Å². The van der Waals surface area contributed by atoms with Crippen LogP contribution in [-0.2, 0) is 17.6 Å². The molecular weight excluding hydrogens is 448 g/mol. The van der Waals surface area contributed by atoms with Crippen molar-refractivity contribution in [3.8, 4) is 17.0 Å². The smallest absolute Gasteiger partial charge is 0.226 e. The summed E-state index contributed by atoms with van der Waals surface area (Å²) in [5.74, 6) is 0.808. The number of benzene rings is 2. The zero-order chi connectivity index (χ0) is 20.6. The number of carbonyl (C=O) groups is 1. The van der Waals surface area contributed by atoms with Gasteiger partial charge in [-0.2, -0.15) is 0 Å². The van der Waals surface area contributed by atoms with Crippen LogP contribution in [0.1, 0.15) is 37.1 Å². The Balaban J connectivity index is 1.50. The van der Waals surface area contributed by atoms with Gasteiger partial charge in [-0.15, -0.1) is 11.3 Å². The van der Waals surface area contributed by atoms with Crippen molar-refractivity contribution >= 4 is 38.3 Å².